The monoisotopic (exact) mass is 447 g/mol. The van der Waals surface area contributed by atoms with E-state index in [9.17, 15) is 20.6 Å². The van der Waals surface area contributed by atoms with Gasteiger partial charge < -0.3 is 15.4 Å². The minimum atomic E-state index is -1.73. The topological polar surface area (TPSA) is 127 Å². The molecule has 1 aromatic carbocycles. The van der Waals surface area contributed by atoms with E-state index < -0.39 is 28.9 Å². The summed E-state index contributed by atoms with van der Waals surface area (Å²) in [7, 11) is 0. The first-order chi connectivity index (χ1) is 15.1. The Morgan fingerprint density at radius 3 is 2.34 bits per heavy atom. The van der Waals surface area contributed by atoms with Crippen molar-refractivity contribution in [3.63, 3.8) is 0 Å². The molecule has 8 heteroatoms. The molecule has 1 amide bonds. The smallest absolute Gasteiger partial charge is 0.410 e. The number of nitrogens with two attached hydrogens (primary N) is 1. The number of hydrogen-bond donors (Lipinski definition) is 1. The number of nitrogens with zero attached hydrogens (tertiary/aromatic N) is 4. The molecule has 0 radical (unpaired) electrons. The highest BCUT2D eigenvalue weighted by molar-refractivity contribution is 7.98. The molecular weight excluding hydrogens is 422 g/mol. The van der Waals surface area contributed by atoms with E-state index in [1.165, 1.54) is 0 Å². The van der Waals surface area contributed by atoms with Crippen LogP contribution in [0.25, 0.3) is 0 Å². The third-order valence-corrected chi connectivity index (χ3v) is 6.53. The van der Waals surface area contributed by atoms with E-state index in [0.29, 0.717) is 5.57 Å². The number of amides is 1. The first-order valence-electron chi connectivity index (χ1n) is 10.2. The Kier molecular flexibility index (Phi) is 6.26. The summed E-state index contributed by atoms with van der Waals surface area (Å²) in [5.74, 6) is -1.11. The van der Waals surface area contributed by atoms with Gasteiger partial charge in [-0.3, -0.25) is 0 Å². The van der Waals surface area contributed by atoms with Crippen LogP contribution in [0.1, 0.15) is 32.3 Å². The van der Waals surface area contributed by atoms with E-state index in [2.05, 4.69) is 18.2 Å². The van der Waals surface area contributed by atoms with Gasteiger partial charge in [0.1, 0.15) is 11.7 Å². The third-order valence-electron chi connectivity index (χ3n) is 5.79. The average molecular weight is 448 g/mol. The molecule has 0 saturated carbocycles. The van der Waals surface area contributed by atoms with E-state index >= 15 is 0 Å². The lowest BCUT2D eigenvalue weighted by Crippen LogP contribution is -2.50. The van der Waals surface area contributed by atoms with Crippen LogP contribution in [0.2, 0.25) is 0 Å². The molecule has 1 aliphatic carbocycles. The van der Waals surface area contributed by atoms with Crippen LogP contribution in [0.15, 0.2) is 52.1 Å². The first-order valence-corrected chi connectivity index (χ1v) is 11.4. The average Bonchev–Trinajstić information content (AvgIpc) is 2.77. The van der Waals surface area contributed by atoms with Crippen molar-refractivity contribution in [2.75, 3.05) is 19.3 Å². The second-order valence-electron chi connectivity index (χ2n) is 8.83. The molecule has 2 N–H and O–H groups in total. The molecule has 0 unspecified atom stereocenters. The van der Waals surface area contributed by atoms with Crippen LogP contribution in [-0.4, -0.2) is 35.9 Å². The summed E-state index contributed by atoms with van der Waals surface area (Å²) in [4.78, 5) is 15.4. The predicted molar refractivity (Wildman–Crippen MR) is 121 cm³/mol. The third kappa shape index (κ3) is 3.93. The van der Waals surface area contributed by atoms with Gasteiger partial charge in [0.15, 0.2) is 5.41 Å². The molecule has 164 valence electrons. The lowest BCUT2D eigenvalue weighted by molar-refractivity contribution is 0.0224. The van der Waals surface area contributed by atoms with E-state index in [4.69, 9.17) is 10.5 Å². The largest absolute Gasteiger partial charge is 0.444 e. The minimum absolute atomic E-state index is 0.0304. The summed E-state index contributed by atoms with van der Waals surface area (Å²) in [5, 5.41) is 30.1. The summed E-state index contributed by atoms with van der Waals surface area (Å²) in [6.07, 6.45) is 3.26. The van der Waals surface area contributed by atoms with Crippen molar-refractivity contribution in [3.05, 3.63) is 52.7 Å². The van der Waals surface area contributed by atoms with Gasteiger partial charge in [-0.1, -0.05) is 18.2 Å². The van der Waals surface area contributed by atoms with Crippen molar-refractivity contribution < 1.29 is 9.53 Å². The molecule has 2 aliphatic rings. The van der Waals surface area contributed by atoms with Crippen LogP contribution in [0.4, 0.5) is 4.79 Å². The standard InChI is InChI=1S/C24H25N5O2S/c1-23(2,3)31-22(30)29-10-9-17-18(11-25)21(28)24(13-26,14-27)20(19(17)12-29)15-5-7-16(32-4)8-6-15/h5-9,19-20H,10,12,28H2,1-4H3/t19-,20+/m0/s1. The van der Waals surface area contributed by atoms with Crippen LogP contribution in [0, 0.1) is 45.3 Å². The Balaban J connectivity index is 2.17. The number of nitriles is 3. The van der Waals surface area contributed by atoms with Crippen molar-refractivity contribution in [1.82, 2.24) is 4.90 Å². The lowest BCUT2D eigenvalue weighted by atomic mass is 9.58. The second-order valence-corrected chi connectivity index (χ2v) is 9.71. The van der Waals surface area contributed by atoms with E-state index in [1.54, 1.807) is 43.5 Å². The van der Waals surface area contributed by atoms with Gasteiger partial charge in [-0.25, -0.2) is 4.79 Å². The normalized spacial score (nSPS) is 22.0. The maximum atomic E-state index is 12.8. The van der Waals surface area contributed by atoms with Gasteiger partial charge in [0.25, 0.3) is 0 Å². The molecule has 0 bridgehead atoms. The molecule has 7 nitrogen and oxygen atoms in total. The zero-order chi connectivity index (χ0) is 23.7. The van der Waals surface area contributed by atoms with E-state index in [0.717, 1.165) is 10.5 Å². The maximum absolute atomic E-state index is 12.8. The van der Waals surface area contributed by atoms with Crippen molar-refractivity contribution >= 4 is 17.9 Å². The number of rotatable bonds is 2. The van der Waals surface area contributed by atoms with Gasteiger partial charge in [0.05, 0.1) is 23.4 Å². The van der Waals surface area contributed by atoms with Crippen LogP contribution < -0.4 is 5.73 Å². The molecule has 0 saturated heterocycles. The molecule has 1 aromatic rings. The molecule has 1 heterocycles. The summed E-state index contributed by atoms with van der Waals surface area (Å²) in [6, 6.07) is 13.9. The van der Waals surface area contributed by atoms with Gasteiger partial charge in [-0.05, 0) is 50.3 Å². The Hall–Kier alpha value is -3.41. The zero-order valence-electron chi connectivity index (χ0n) is 18.5. The number of thioether (sulfide) groups is 1. The molecular formula is C24H25N5O2S. The van der Waals surface area contributed by atoms with Crippen molar-refractivity contribution in [2.45, 2.75) is 37.2 Å². The van der Waals surface area contributed by atoms with Crippen LogP contribution in [0.5, 0.6) is 0 Å². The van der Waals surface area contributed by atoms with E-state index in [-0.39, 0.29) is 24.4 Å². The first kappa shape index (κ1) is 23.3. The number of fused-ring (bicyclic) bond motifs is 1. The number of carbonyl (C=O) groups excluding carboxylic acids is 1. The minimum Gasteiger partial charge on any atom is -0.444 e. The van der Waals surface area contributed by atoms with Crippen LogP contribution >= 0.6 is 11.8 Å². The fourth-order valence-corrected chi connectivity index (χ4v) is 4.75. The Labute approximate surface area is 192 Å². The quantitative estimate of drug-likeness (QED) is 0.677. The van der Waals surface area contributed by atoms with Crippen LogP contribution in [0.3, 0.4) is 0 Å². The Morgan fingerprint density at radius 1 is 1.22 bits per heavy atom. The fourth-order valence-electron chi connectivity index (χ4n) is 4.34. The highest BCUT2D eigenvalue weighted by Crippen LogP contribution is 2.54. The number of carbonyl (C=O) groups is 1. The molecule has 0 spiro atoms. The summed E-state index contributed by atoms with van der Waals surface area (Å²) < 4.78 is 5.53. The molecule has 32 heavy (non-hydrogen) atoms. The van der Waals surface area contributed by atoms with Gasteiger partial charge in [-0.2, -0.15) is 15.8 Å². The SMILES string of the molecule is CSc1ccc([C@@H]2[C@H]3CN(C(=O)OC(C)(C)C)CC=C3C(C#N)=C(N)C2(C#N)C#N)cc1. The second kappa shape index (κ2) is 8.61. The van der Waals surface area contributed by atoms with Gasteiger partial charge in [0.2, 0.25) is 0 Å². The molecule has 0 aromatic heterocycles. The van der Waals surface area contributed by atoms with Crippen molar-refractivity contribution in [3.8, 4) is 18.2 Å². The van der Waals surface area contributed by atoms with Crippen molar-refractivity contribution in [1.29, 1.82) is 15.8 Å². The lowest BCUT2D eigenvalue weighted by Gasteiger charge is -2.45. The van der Waals surface area contributed by atoms with Gasteiger partial charge >= 0.3 is 6.09 Å². The molecule has 0 fully saturated rings. The highest BCUT2D eigenvalue weighted by Gasteiger charge is 2.54. The highest BCUT2D eigenvalue weighted by atomic mass is 32.2. The number of ether oxygens (including phenoxy) is 1. The van der Waals surface area contributed by atoms with Gasteiger partial charge in [0, 0.05) is 29.8 Å². The zero-order valence-corrected chi connectivity index (χ0v) is 19.4. The molecule has 3 rings (SSSR count). The number of benzene rings is 1. The molecule has 1 aliphatic heterocycles. The van der Waals surface area contributed by atoms with Crippen molar-refractivity contribution in [2.24, 2.45) is 17.1 Å². The number of allylic oxidation sites excluding steroid dienone is 2. The summed E-state index contributed by atoms with van der Waals surface area (Å²) in [5.41, 5.74) is 5.48. The Morgan fingerprint density at radius 2 is 1.84 bits per heavy atom. The Bertz CT molecular complexity index is 1100. The van der Waals surface area contributed by atoms with Gasteiger partial charge in [-0.15, -0.1) is 11.8 Å². The predicted octanol–water partition coefficient (Wildman–Crippen LogP) is 4.07. The maximum Gasteiger partial charge on any atom is 0.410 e. The fraction of sp³-hybridized carbons (Fsp3) is 0.417. The molecule has 2 atom stereocenters. The van der Waals surface area contributed by atoms with E-state index in [1.807, 2.05) is 30.5 Å². The van der Waals surface area contributed by atoms with Crippen LogP contribution in [-0.2, 0) is 4.74 Å². The summed E-state index contributed by atoms with van der Waals surface area (Å²) >= 11 is 1.58. The number of hydrogen-bond acceptors (Lipinski definition) is 7. The summed E-state index contributed by atoms with van der Waals surface area (Å²) in [6.45, 7) is 5.84.